The minimum Gasteiger partial charge on any atom is -0.344 e. The van der Waals surface area contributed by atoms with Gasteiger partial charge in [-0.25, -0.2) is 0 Å². The van der Waals surface area contributed by atoms with E-state index >= 15 is 0 Å². The highest BCUT2D eigenvalue weighted by molar-refractivity contribution is 6.34. The number of alkyl halides is 3. The number of carbonyl (C=O) groups is 1. The van der Waals surface area contributed by atoms with E-state index in [0.717, 1.165) is 23.7 Å². The van der Waals surface area contributed by atoms with E-state index in [0.29, 0.717) is 12.5 Å². The Labute approximate surface area is 192 Å². The SMILES string of the molecule is [CH2-]c1ccc(C(CN(C)CC2CCCCC2)NC(=O)c2cccc(C(F)(F)F)c2Cl)cc1. The summed E-state index contributed by atoms with van der Waals surface area (Å²) in [5.74, 6) is 0.00102. The molecule has 1 saturated carbocycles. The molecule has 1 aliphatic rings. The van der Waals surface area contributed by atoms with Gasteiger partial charge in [0, 0.05) is 13.1 Å². The molecule has 0 aliphatic heterocycles. The van der Waals surface area contributed by atoms with Gasteiger partial charge in [0.2, 0.25) is 0 Å². The summed E-state index contributed by atoms with van der Waals surface area (Å²) in [6.45, 7) is 5.35. The first-order chi connectivity index (χ1) is 15.1. The van der Waals surface area contributed by atoms with Crippen molar-refractivity contribution >= 4 is 17.5 Å². The summed E-state index contributed by atoms with van der Waals surface area (Å²) in [4.78, 5) is 15.2. The van der Waals surface area contributed by atoms with Gasteiger partial charge in [0.15, 0.2) is 0 Å². The second kappa shape index (κ2) is 10.6. The molecule has 32 heavy (non-hydrogen) atoms. The van der Waals surface area contributed by atoms with E-state index in [1.165, 1.54) is 44.2 Å². The second-order valence-electron chi connectivity index (χ2n) is 8.66. The molecule has 0 radical (unpaired) electrons. The van der Waals surface area contributed by atoms with Gasteiger partial charge >= 0.3 is 6.18 Å². The molecular formula is C25H29ClF3N2O-. The van der Waals surface area contributed by atoms with Gasteiger partial charge in [-0.15, -0.1) is 12.1 Å². The smallest absolute Gasteiger partial charge is 0.344 e. The fraction of sp³-hybridized carbons (Fsp3) is 0.440. The molecule has 7 heteroatoms. The predicted molar refractivity (Wildman–Crippen MR) is 122 cm³/mol. The fourth-order valence-corrected chi connectivity index (χ4v) is 4.66. The minimum absolute atomic E-state index is 0.185. The van der Waals surface area contributed by atoms with E-state index in [2.05, 4.69) is 17.1 Å². The summed E-state index contributed by atoms with van der Waals surface area (Å²) in [6.07, 6.45) is 1.56. The Morgan fingerprint density at radius 1 is 1.16 bits per heavy atom. The highest BCUT2D eigenvalue weighted by Gasteiger charge is 2.35. The van der Waals surface area contributed by atoms with Gasteiger partial charge in [-0.2, -0.15) is 37.8 Å². The summed E-state index contributed by atoms with van der Waals surface area (Å²) in [7, 11) is 2.01. The normalized spacial score (nSPS) is 16.2. The Morgan fingerprint density at radius 2 is 1.81 bits per heavy atom. The standard InChI is InChI=1S/C25H29ClF3N2O/c1-17-11-13-19(14-12-17)22(16-31(2)15-18-7-4-3-5-8-18)30-24(32)20-9-6-10-21(23(20)26)25(27,28)29/h6,9-14,18,22H,1,3-5,7-8,15-16H2,2H3,(H,30,32)/q-1. The summed E-state index contributed by atoms with van der Waals surface area (Å²) >= 11 is 5.97. The molecule has 1 fully saturated rings. The molecule has 2 aromatic carbocycles. The number of amides is 1. The molecule has 2 aromatic rings. The average molecular weight is 466 g/mol. The van der Waals surface area contributed by atoms with E-state index < -0.39 is 28.7 Å². The molecule has 0 spiro atoms. The van der Waals surface area contributed by atoms with Crippen LogP contribution >= 0.6 is 11.6 Å². The number of likely N-dealkylation sites (N-methyl/N-ethyl adjacent to an activating group) is 1. The number of nitrogens with one attached hydrogen (secondary N) is 1. The van der Waals surface area contributed by atoms with Crippen LogP contribution in [0.2, 0.25) is 5.02 Å². The van der Waals surface area contributed by atoms with Gasteiger partial charge in [-0.1, -0.05) is 36.9 Å². The van der Waals surface area contributed by atoms with Crippen LogP contribution in [0.5, 0.6) is 0 Å². The lowest BCUT2D eigenvalue weighted by Crippen LogP contribution is -2.38. The first-order valence-corrected chi connectivity index (χ1v) is 11.3. The lowest BCUT2D eigenvalue weighted by Gasteiger charge is -2.31. The third kappa shape index (κ3) is 6.42. The van der Waals surface area contributed by atoms with E-state index in [1.54, 1.807) is 0 Å². The number of carbonyl (C=O) groups excluding carboxylic acids is 1. The molecular weight excluding hydrogens is 437 g/mol. The third-order valence-corrected chi connectivity index (χ3v) is 6.43. The van der Waals surface area contributed by atoms with Crippen LogP contribution < -0.4 is 5.32 Å². The molecule has 0 heterocycles. The topological polar surface area (TPSA) is 32.3 Å². The lowest BCUT2D eigenvalue weighted by atomic mass is 9.89. The molecule has 0 saturated heterocycles. The largest absolute Gasteiger partial charge is 0.417 e. The molecule has 1 aliphatic carbocycles. The third-order valence-electron chi connectivity index (χ3n) is 6.03. The number of nitrogens with zero attached hydrogens (tertiary/aromatic N) is 1. The minimum atomic E-state index is -4.63. The summed E-state index contributed by atoms with van der Waals surface area (Å²) < 4.78 is 39.7. The first-order valence-electron chi connectivity index (χ1n) is 10.9. The van der Waals surface area contributed by atoms with Crippen molar-refractivity contribution in [2.45, 2.75) is 44.3 Å². The molecule has 3 nitrogen and oxygen atoms in total. The van der Waals surface area contributed by atoms with E-state index in [-0.39, 0.29) is 5.56 Å². The van der Waals surface area contributed by atoms with Crippen LogP contribution in [-0.2, 0) is 6.18 Å². The van der Waals surface area contributed by atoms with Crippen LogP contribution in [-0.4, -0.2) is 30.9 Å². The van der Waals surface area contributed by atoms with Crippen LogP contribution in [0.1, 0.15) is 65.2 Å². The Hall–Kier alpha value is -2.18. The predicted octanol–water partition coefficient (Wildman–Crippen LogP) is 6.52. The molecule has 0 aromatic heterocycles. The number of hydrogen-bond acceptors (Lipinski definition) is 2. The van der Waals surface area contributed by atoms with Crippen molar-refractivity contribution in [2.24, 2.45) is 5.92 Å². The highest BCUT2D eigenvalue weighted by atomic mass is 35.5. The molecule has 174 valence electrons. The zero-order chi connectivity index (χ0) is 23.3. The van der Waals surface area contributed by atoms with Crippen LogP contribution in [0, 0.1) is 12.8 Å². The molecule has 1 atom stereocenters. The van der Waals surface area contributed by atoms with Crippen LogP contribution in [0.4, 0.5) is 13.2 Å². The Morgan fingerprint density at radius 3 is 2.44 bits per heavy atom. The molecule has 0 bridgehead atoms. The lowest BCUT2D eigenvalue weighted by molar-refractivity contribution is -0.137. The Kier molecular flexibility index (Phi) is 8.12. The second-order valence-corrected chi connectivity index (χ2v) is 9.04. The van der Waals surface area contributed by atoms with Crippen molar-refractivity contribution in [3.05, 3.63) is 76.7 Å². The van der Waals surface area contributed by atoms with Gasteiger partial charge < -0.3 is 10.2 Å². The van der Waals surface area contributed by atoms with E-state index in [4.69, 9.17) is 11.6 Å². The van der Waals surface area contributed by atoms with Crippen molar-refractivity contribution in [1.29, 1.82) is 0 Å². The molecule has 1 N–H and O–H groups in total. The average Bonchev–Trinajstić information content (AvgIpc) is 2.73. The van der Waals surface area contributed by atoms with E-state index in [9.17, 15) is 18.0 Å². The van der Waals surface area contributed by atoms with Crippen LogP contribution in [0.3, 0.4) is 0 Å². The van der Waals surface area contributed by atoms with Crippen LogP contribution in [0.25, 0.3) is 0 Å². The maximum atomic E-state index is 13.2. The van der Waals surface area contributed by atoms with Crippen molar-refractivity contribution in [2.75, 3.05) is 20.1 Å². The zero-order valence-electron chi connectivity index (χ0n) is 18.2. The van der Waals surface area contributed by atoms with Gasteiger partial charge in [0.1, 0.15) is 0 Å². The summed E-state index contributed by atoms with van der Waals surface area (Å²) in [5.41, 5.74) is 0.508. The Bertz CT molecular complexity index is 908. The highest BCUT2D eigenvalue weighted by Crippen LogP contribution is 2.36. The quantitative estimate of drug-likeness (QED) is 0.472. The fourth-order valence-electron chi connectivity index (χ4n) is 4.34. The number of benzene rings is 2. The molecule has 1 amide bonds. The number of hydrogen-bond donors (Lipinski definition) is 1. The van der Waals surface area contributed by atoms with Gasteiger partial charge in [-0.3, -0.25) is 4.79 Å². The van der Waals surface area contributed by atoms with Gasteiger partial charge in [0.25, 0.3) is 5.91 Å². The van der Waals surface area contributed by atoms with Gasteiger partial charge in [0.05, 0.1) is 22.2 Å². The molecule has 1 unspecified atom stereocenters. The van der Waals surface area contributed by atoms with Crippen molar-refractivity contribution in [3.8, 4) is 0 Å². The Balaban J connectivity index is 1.79. The number of rotatable bonds is 7. The van der Waals surface area contributed by atoms with Crippen molar-refractivity contribution in [3.63, 3.8) is 0 Å². The first kappa shape index (κ1) is 24.5. The molecule has 3 rings (SSSR count). The number of halogens is 4. The maximum Gasteiger partial charge on any atom is 0.417 e. The van der Waals surface area contributed by atoms with E-state index in [1.807, 2.05) is 31.3 Å². The van der Waals surface area contributed by atoms with Crippen molar-refractivity contribution < 1.29 is 18.0 Å². The van der Waals surface area contributed by atoms with Crippen LogP contribution in [0.15, 0.2) is 42.5 Å². The maximum absolute atomic E-state index is 13.2. The summed E-state index contributed by atoms with van der Waals surface area (Å²) in [5, 5.41) is 2.32. The van der Waals surface area contributed by atoms with Crippen molar-refractivity contribution in [1.82, 2.24) is 10.2 Å². The zero-order valence-corrected chi connectivity index (χ0v) is 19.0. The van der Waals surface area contributed by atoms with Gasteiger partial charge in [-0.05, 0) is 43.5 Å². The monoisotopic (exact) mass is 465 g/mol. The summed E-state index contributed by atoms with van der Waals surface area (Å²) in [6, 6.07) is 10.5.